The van der Waals surface area contributed by atoms with E-state index in [-0.39, 0.29) is 10.7 Å². The molecule has 0 radical (unpaired) electrons. The summed E-state index contributed by atoms with van der Waals surface area (Å²) in [7, 11) is 0. The molecular formula is C23H21ClFN3OS. The zero-order valence-electron chi connectivity index (χ0n) is 16.8. The topological polar surface area (TPSA) is 65.0 Å². The number of benzene rings is 3. The zero-order chi connectivity index (χ0) is 21.8. The summed E-state index contributed by atoms with van der Waals surface area (Å²) in [6.45, 7) is 3.80. The van der Waals surface area contributed by atoms with Crippen molar-refractivity contribution < 1.29 is 9.18 Å². The minimum absolute atomic E-state index is 0.0208. The molecule has 154 valence electrons. The van der Waals surface area contributed by atoms with Crippen LogP contribution in [-0.2, 0) is 0 Å². The van der Waals surface area contributed by atoms with E-state index in [4.69, 9.17) is 17.0 Å². The molecule has 0 atom stereocenters. The minimum Gasteiger partial charge on any atom is -0.355 e. The summed E-state index contributed by atoms with van der Waals surface area (Å²) in [5.41, 5.74) is 5.33. The Morgan fingerprint density at radius 3 is 2.40 bits per heavy atom. The molecule has 4 nitrogen and oxygen atoms in total. The molecule has 0 spiro atoms. The van der Waals surface area contributed by atoms with E-state index in [1.54, 1.807) is 13.2 Å². The van der Waals surface area contributed by atoms with Crippen molar-refractivity contribution in [3.8, 4) is 11.1 Å². The van der Waals surface area contributed by atoms with Crippen LogP contribution < -0.4 is 10.0 Å². The van der Waals surface area contributed by atoms with Gasteiger partial charge in [0.25, 0.3) is 5.91 Å². The Morgan fingerprint density at radius 1 is 1.00 bits per heavy atom. The minimum atomic E-state index is -0.631. The molecule has 0 aliphatic rings. The molecule has 3 aromatic carbocycles. The average molecular weight is 442 g/mol. The first-order valence-corrected chi connectivity index (χ1v) is 10.8. The molecule has 0 saturated carbocycles. The monoisotopic (exact) mass is 441 g/mol. The Bertz CT molecular complexity index is 1130. The largest absolute Gasteiger partial charge is 0.355 e. The molecular weight excluding hydrogens is 421 g/mol. The van der Waals surface area contributed by atoms with Gasteiger partial charge in [0, 0.05) is 23.2 Å². The van der Waals surface area contributed by atoms with Crippen molar-refractivity contribution in [1.29, 1.82) is 5.41 Å². The summed E-state index contributed by atoms with van der Waals surface area (Å²) >= 11 is 7.16. The highest BCUT2D eigenvalue weighted by molar-refractivity contribution is 7.97. The van der Waals surface area contributed by atoms with Gasteiger partial charge in [-0.1, -0.05) is 59.4 Å². The van der Waals surface area contributed by atoms with E-state index in [1.165, 1.54) is 12.1 Å². The molecule has 3 N–H and O–H groups in total. The van der Waals surface area contributed by atoms with Crippen LogP contribution in [0.2, 0.25) is 0 Å². The van der Waals surface area contributed by atoms with Gasteiger partial charge in [0.15, 0.2) is 0 Å². The lowest BCUT2D eigenvalue weighted by Gasteiger charge is -2.16. The van der Waals surface area contributed by atoms with E-state index in [9.17, 15) is 9.18 Å². The zero-order valence-corrected chi connectivity index (χ0v) is 18.3. The lowest BCUT2D eigenvalue weighted by Crippen LogP contribution is -2.17. The number of nitrogens with one attached hydrogen (secondary N) is 3. The molecule has 0 aromatic heterocycles. The highest BCUT2D eigenvalue weighted by Crippen LogP contribution is 2.31. The molecule has 0 aliphatic carbocycles. The van der Waals surface area contributed by atoms with Crippen LogP contribution in [0.4, 0.5) is 15.8 Å². The number of anilines is 2. The molecule has 0 fully saturated rings. The first-order chi connectivity index (χ1) is 14.3. The maximum Gasteiger partial charge on any atom is 0.264 e. The third kappa shape index (κ3) is 4.83. The number of hydrogen-bond donors (Lipinski definition) is 3. The van der Waals surface area contributed by atoms with Crippen molar-refractivity contribution >= 4 is 46.0 Å². The van der Waals surface area contributed by atoms with E-state index in [0.717, 1.165) is 28.6 Å². The summed E-state index contributed by atoms with van der Waals surface area (Å²) in [6.07, 6.45) is 1.70. The summed E-state index contributed by atoms with van der Waals surface area (Å²) in [6, 6.07) is 16.4. The van der Waals surface area contributed by atoms with Gasteiger partial charge in [0.1, 0.15) is 11.0 Å². The number of carbonyl (C=O) groups excluding carboxylic acids is 1. The number of rotatable bonds is 6. The SMILES string of the molecule is CSNC(=O)c1cc(C)c(Nc2ccc(-c3cccc(C)c3)cc2C(=N)Cl)cc1F. The number of aryl methyl sites for hydroxylation is 2. The second-order valence-corrected chi connectivity index (χ2v) is 7.84. The quantitative estimate of drug-likeness (QED) is 0.305. The van der Waals surface area contributed by atoms with Crippen molar-refractivity contribution in [3.63, 3.8) is 0 Å². The lowest BCUT2D eigenvalue weighted by molar-refractivity contribution is 0.0980. The van der Waals surface area contributed by atoms with Gasteiger partial charge >= 0.3 is 0 Å². The van der Waals surface area contributed by atoms with Crippen molar-refractivity contribution in [2.75, 3.05) is 11.6 Å². The maximum atomic E-state index is 14.5. The number of halogens is 2. The number of carbonyl (C=O) groups is 1. The van der Waals surface area contributed by atoms with Gasteiger partial charge in [0.05, 0.1) is 5.56 Å². The summed E-state index contributed by atoms with van der Waals surface area (Å²) < 4.78 is 17.0. The van der Waals surface area contributed by atoms with Crippen LogP contribution in [0.15, 0.2) is 54.6 Å². The maximum absolute atomic E-state index is 14.5. The molecule has 3 rings (SSSR count). The molecule has 0 heterocycles. The van der Waals surface area contributed by atoms with Crippen LogP contribution in [0.5, 0.6) is 0 Å². The summed E-state index contributed by atoms with van der Waals surface area (Å²) in [4.78, 5) is 12.0. The highest BCUT2D eigenvalue weighted by atomic mass is 35.5. The van der Waals surface area contributed by atoms with Gasteiger partial charge in [-0.15, -0.1) is 0 Å². The van der Waals surface area contributed by atoms with Gasteiger partial charge in [-0.3, -0.25) is 14.9 Å². The molecule has 0 saturated heterocycles. The molecule has 30 heavy (non-hydrogen) atoms. The fourth-order valence-electron chi connectivity index (χ4n) is 3.12. The third-order valence-electron chi connectivity index (χ3n) is 4.63. The Hall–Kier alpha value is -2.83. The summed E-state index contributed by atoms with van der Waals surface area (Å²) in [5.74, 6) is -1.12. The predicted molar refractivity (Wildman–Crippen MR) is 125 cm³/mol. The second-order valence-electron chi connectivity index (χ2n) is 6.85. The molecule has 0 unspecified atom stereocenters. The third-order valence-corrected chi connectivity index (χ3v) is 5.22. The van der Waals surface area contributed by atoms with Gasteiger partial charge in [-0.05, 0) is 54.8 Å². The van der Waals surface area contributed by atoms with Gasteiger partial charge in [0.2, 0.25) is 0 Å². The van der Waals surface area contributed by atoms with Gasteiger partial charge in [-0.25, -0.2) is 4.39 Å². The van der Waals surface area contributed by atoms with Crippen LogP contribution in [0.25, 0.3) is 11.1 Å². The smallest absolute Gasteiger partial charge is 0.264 e. The van der Waals surface area contributed by atoms with E-state index in [1.807, 2.05) is 43.3 Å². The lowest BCUT2D eigenvalue weighted by atomic mass is 10.00. The molecule has 1 amide bonds. The van der Waals surface area contributed by atoms with Crippen LogP contribution in [0.3, 0.4) is 0 Å². The van der Waals surface area contributed by atoms with E-state index < -0.39 is 11.7 Å². The molecule has 3 aromatic rings. The van der Waals surface area contributed by atoms with Crippen molar-refractivity contribution in [2.24, 2.45) is 0 Å². The van der Waals surface area contributed by atoms with E-state index in [2.05, 4.69) is 16.1 Å². The predicted octanol–water partition coefficient (Wildman–Crippen LogP) is 6.43. The Morgan fingerprint density at radius 2 is 1.73 bits per heavy atom. The van der Waals surface area contributed by atoms with Gasteiger partial charge < -0.3 is 5.32 Å². The first kappa shape index (κ1) is 21.9. The fraction of sp³-hybridized carbons (Fsp3) is 0.130. The number of hydrogen-bond acceptors (Lipinski definition) is 4. The van der Waals surface area contributed by atoms with Crippen LogP contribution in [-0.4, -0.2) is 17.3 Å². The normalized spacial score (nSPS) is 10.6. The van der Waals surface area contributed by atoms with E-state index in [0.29, 0.717) is 22.5 Å². The number of amides is 1. The van der Waals surface area contributed by atoms with Crippen LogP contribution in [0.1, 0.15) is 27.0 Å². The Balaban J connectivity index is 1.98. The molecule has 7 heteroatoms. The molecule has 0 aliphatic heterocycles. The Labute approximate surface area is 184 Å². The fourth-order valence-corrected chi connectivity index (χ4v) is 3.57. The van der Waals surface area contributed by atoms with Crippen LogP contribution >= 0.6 is 23.5 Å². The van der Waals surface area contributed by atoms with Gasteiger partial charge in [-0.2, -0.15) is 0 Å². The second kappa shape index (κ2) is 9.32. The first-order valence-electron chi connectivity index (χ1n) is 9.16. The summed E-state index contributed by atoms with van der Waals surface area (Å²) in [5, 5.41) is 11.0. The van der Waals surface area contributed by atoms with Crippen molar-refractivity contribution in [2.45, 2.75) is 13.8 Å². The van der Waals surface area contributed by atoms with Crippen LogP contribution in [0, 0.1) is 25.1 Å². The molecule has 0 bridgehead atoms. The Kier molecular flexibility index (Phi) is 6.80. The van der Waals surface area contributed by atoms with Crippen molar-refractivity contribution in [3.05, 3.63) is 82.7 Å². The average Bonchev–Trinajstić information content (AvgIpc) is 2.70. The standard InChI is InChI=1S/C23H21ClFN3OS/c1-13-5-4-6-15(9-13)16-7-8-20(18(11-16)22(24)26)27-21-12-19(25)17(10-14(21)2)23(29)28-30-3/h4-12,26-27H,1-3H3,(H,28,29). The highest BCUT2D eigenvalue weighted by Gasteiger charge is 2.16. The van der Waals surface area contributed by atoms with E-state index >= 15 is 0 Å². The van der Waals surface area contributed by atoms with Crippen molar-refractivity contribution in [1.82, 2.24) is 4.72 Å².